The predicted octanol–water partition coefficient (Wildman–Crippen LogP) is 0.687. The molecule has 118 valence electrons. The summed E-state index contributed by atoms with van der Waals surface area (Å²) in [5.41, 5.74) is -0.107. The highest BCUT2D eigenvalue weighted by Gasteiger charge is 2.14. The fraction of sp³-hybridized carbons (Fsp3) is 0.143. The standard InChI is InChI=1S/C14H13N5O4/c1-22-10-4-3-8(5-11(10)23-2)12(20)18-9-6-15-14-16-7-17-19(14)13(9)21/h3-7H,1-2H3,(H,18,20)(H,15,16,17). The van der Waals surface area contributed by atoms with Gasteiger partial charge in [-0.3, -0.25) is 14.7 Å². The summed E-state index contributed by atoms with van der Waals surface area (Å²) in [5, 5.41) is 5.14. The maximum absolute atomic E-state index is 12.3. The molecule has 0 aliphatic carbocycles. The molecule has 0 saturated carbocycles. The highest BCUT2D eigenvalue weighted by Crippen LogP contribution is 2.27. The zero-order valence-electron chi connectivity index (χ0n) is 12.4. The quantitative estimate of drug-likeness (QED) is 0.733. The Morgan fingerprint density at radius 3 is 2.74 bits per heavy atom. The Kier molecular flexibility index (Phi) is 3.67. The van der Waals surface area contributed by atoms with Crippen molar-refractivity contribution in [2.75, 3.05) is 19.5 Å². The number of aromatic amines is 1. The molecule has 0 bridgehead atoms. The number of carbonyl (C=O) groups is 1. The molecule has 23 heavy (non-hydrogen) atoms. The molecule has 9 nitrogen and oxygen atoms in total. The summed E-state index contributed by atoms with van der Waals surface area (Å²) in [6.45, 7) is 0. The number of ether oxygens (including phenoxy) is 2. The molecule has 0 spiro atoms. The van der Waals surface area contributed by atoms with Crippen LogP contribution in [-0.2, 0) is 0 Å². The number of hydrogen-bond acceptors (Lipinski definition) is 6. The van der Waals surface area contributed by atoms with Crippen LogP contribution in [0.3, 0.4) is 0 Å². The monoisotopic (exact) mass is 315 g/mol. The van der Waals surface area contributed by atoms with E-state index in [9.17, 15) is 9.59 Å². The first-order chi connectivity index (χ1) is 11.1. The summed E-state index contributed by atoms with van der Waals surface area (Å²) < 4.78 is 11.4. The molecule has 2 N–H and O–H groups in total. The topological polar surface area (TPSA) is 111 Å². The number of hydrogen-bond donors (Lipinski definition) is 2. The zero-order chi connectivity index (χ0) is 16.4. The third-order valence-corrected chi connectivity index (χ3v) is 3.20. The Balaban J connectivity index is 1.91. The number of anilines is 1. The van der Waals surface area contributed by atoms with Gasteiger partial charge in [0.2, 0.25) is 0 Å². The third-order valence-electron chi connectivity index (χ3n) is 3.20. The number of aromatic nitrogens is 4. The van der Waals surface area contributed by atoms with Crippen molar-refractivity contribution in [1.29, 1.82) is 0 Å². The van der Waals surface area contributed by atoms with Crippen LogP contribution in [0.4, 0.5) is 5.69 Å². The van der Waals surface area contributed by atoms with Crippen LogP contribution < -0.4 is 20.3 Å². The van der Waals surface area contributed by atoms with Gasteiger partial charge in [-0.1, -0.05) is 0 Å². The van der Waals surface area contributed by atoms with E-state index in [1.54, 1.807) is 12.1 Å². The first-order valence-electron chi connectivity index (χ1n) is 6.58. The molecular formula is C14H13N5O4. The average Bonchev–Trinajstić information content (AvgIpc) is 3.06. The molecule has 3 rings (SSSR count). The van der Waals surface area contributed by atoms with E-state index in [4.69, 9.17) is 9.47 Å². The molecule has 1 aromatic carbocycles. The maximum atomic E-state index is 12.3. The first kappa shape index (κ1) is 14.6. The van der Waals surface area contributed by atoms with E-state index in [0.717, 1.165) is 4.52 Å². The van der Waals surface area contributed by atoms with Crippen molar-refractivity contribution < 1.29 is 14.3 Å². The molecule has 2 aromatic heterocycles. The third kappa shape index (κ3) is 2.59. The lowest BCUT2D eigenvalue weighted by Gasteiger charge is -2.09. The lowest BCUT2D eigenvalue weighted by molar-refractivity contribution is 0.102. The van der Waals surface area contributed by atoms with Crippen LogP contribution in [0.2, 0.25) is 0 Å². The summed E-state index contributed by atoms with van der Waals surface area (Å²) >= 11 is 0. The van der Waals surface area contributed by atoms with Gasteiger partial charge in [0.15, 0.2) is 11.5 Å². The van der Waals surface area contributed by atoms with Crippen LogP contribution in [0.25, 0.3) is 5.78 Å². The molecule has 1 amide bonds. The lowest BCUT2D eigenvalue weighted by atomic mass is 10.2. The predicted molar refractivity (Wildman–Crippen MR) is 81.1 cm³/mol. The molecule has 0 fully saturated rings. The second kappa shape index (κ2) is 5.79. The summed E-state index contributed by atoms with van der Waals surface area (Å²) in [4.78, 5) is 32.3. The average molecular weight is 315 g/mol. The molecule has 3 aromatic rings. The highest BCUT2D eigenvalue weighted by atomic mass is 16.5. The minimum absolute atomic E-state index is 0.0338. The number of benzene rings is 1. The minimum atomic E-state index is -0.468. The van der Waals surface area contributed by atoms with Crippen LogP contribution in [0.15, 0.2) is 35.5 Å². The van der Waals surface area contributed by atoms with Gasteiger partial charge in [0, 0.05) is 5.56 Å². The molecule has 0 unspecified atom stereocenters. The van der Waals surface area contributed by atoms with Crippen molar-refractivity contribution >= 4 is 17.4 Å². The smallest absolute Gasteiger partial charge is 0.297 e. The number of amides is 1. The second-order valence-electron chi connectivity index (χ2n) is 4.52. The molecule has 2 heterocycles. The number of carbonyl (C=O) groups excluding carboxylic acids is 1. The van der Waals surface area contributed by atoms with E-state index < -0.39 is 11.5 Å². The Labute approximate surface area is 129 Å². The van der Waals surface area contributed by atoms with Gasteiger partial charge < -0.3 is 14.8 Å². The van der Waals surface area contributed by atoms with Gasteiger partial charge in [0.25, 0.3) is 17.2 Å². The van der Waals surface area contributed by atoms with Crippen molar-refractivity contribution in [3.05, 3.63) is 46.6 Å². The maximum Gasteiger partial charge on any atom is 0.297 e. The van der Waals surface area contributed by atoms with Crippen molar-refractivity contribution in [1.82, 2.24) is 19.6 Å². The summed E-state index contributed by atoms with van der Waals surface area (Å²) in [5.74, 6) is 0.673. The molecule has 9 heteroatoms. The number of methoxy groups -OCH3 is 2. The molecule has 0 saturated heterocycles. The number of rotatable bonds is 4. The van der Waals surface area contributed by atoms with Gasteiger partial charge in [-0.25, -0.2) is 9.97 Å². The van der Waals surface area contributed by atoms with E-state index in [2.05, 4.69) is 20.4 Å². The molecular weight excluding hydrogens is 302 g/mol. The van der Waals surface area contributed by atoms with Gasteiger partial charge in [0.1, 0.15) is 12.0 Å². The second-order valence-corrected chi connectivity index (χ2v) is 4.52. The fourth-order valence-corrected chi connectivity index (χ4v) is 2.06. The van der Waals surface area contributed by atoms with Gasteiger partial charge >= 0.3 is 0 Å². The van der Waals surface area contributed by atoms with Crippen LogP contribution in [0, 0.1) is 0 Å². The minimum Gasteiger partial charge on any atom is -0.493 e. The van der Waals surface area contributed by atoms with E-state index >= 15 is 0 Å². The normalized spacial score (nSPS) is 10.5. The van der Waals surface area contributed by atoms with Crippen molar-refractivity contribution in [2.24, 2.45) is 0 Å². The molecule has 0 radical (unpaired) electrons. The first-order valence-corrected chi connectivity index (χ1v) is 6.58. The molecule has 0 atom stereocenters. The van der Waals surface area contributed by atoms with E-state index in [1.165, 1.54) is 32.8 Å². The van der Waals surface area contributed by atoms with Gasteiger partial charge in [0.05, 0.1) is 20.4 Å². The molecule has 0 aliphatic heterocycles. The van der Waals surface area contributed by atoms with Crippen LogP contribution >= 0.6 is 0 Å². The van der Waals surface area contributed by atoms with Gasteiger partial charge in [-0.15, -0.1) is 0 Å². The Morgan fingerprint density at radius 2 is 2.00 bits per heavy atom. The lowest BCUT2D eigenvalue weighted by Crippen LogP contribution is -2.23. The molecule has 0 aliphatic rings. The van der Waals surface area contributed by atoms with Gasteiger partial charge in [-0.2, -0.15) is 4.52 Å². The summed E-state index contributed by atoms with van der Waals surface area (Å²) in [6.07, 6.45) is 2.60. The SMILES string of the molecule is COc1ccc(C(=O)Nc2cnc3nc[nH]n3c2=O)cc1OC. The van der Waals surface area contributed by atoms with Gasteiger partial charge in [-0.05, 0) is 18.2 Å². The largest absolute Gasteiger partial charge is 0.493 e. The van der Waals surface area contributed by atoms with Crippen LogP contribution in [0.5, 0.6) is 11.5 Å². The summed E-state index contributed by atoms with van der Waals surface area (Å²) in [6, 6.07) is 4.70. The van der Waals surface area contributed by atoms with Crippen LogP contribution in [-0.4, -0.2) is 39.7 Å². The number of fused-ring (bicyclic) bond motifs is 1. The van der Waals surface area contributed by atoms with Crippen molar-refractivity contribution in [2.45, 2.75) is 0 Å². The Bertz CT molecular complexity index is 930. The number of nitrogens with one attached hydrogen (secondary N) is 2. The van der Waals surface area contributed by atoms with Crippen molar-refractivity contribution in [3.63, 3.8) is 0 Å². The van der Waals surface area contributed by atoms with Crippen molar-refractivity contribution in [3.8, 4) is 11.5 Å². The Morgan fingerprint density at radius 1 is 1.22 bits per heavy atom. The summed E-state index contributed by atoms with van der Waals surface area (Å²) in [7, 11) is 2.98. The number of nitrogens with zero attached hydrogens (tertiary/aromatic N) is 3. The fourth-order valence-electron chi connectivity index (χ4n) is 2.06. The van der Waals surface area contributed by atoms with E-state index in [0.29, 0.717) is 17.1 Å². The van der Waals surface area contributed by atoms with E-state index in [-0.39, 0.29) is 11.5 Å². The van der Waals surface area contributed by atoms with Crippen LogP contribution in [0.1, 0.15) is 10.4 Å². The Hall–Kier alpha value is -3.36. The number of H-pyrrole nitrogens is 1. The highest BCUT2D eigenvalue weighted by molar-refractivity contribution is 6.04. The van der Waals surface area contributed by atoms with E-state index in [1.807, 2.05) is 0 Å². The zero-order valence-corrected chi connectivity index (χ0v) is 12.4.